The summed E-state index contributed by atoms with van der Waals surface area (Å²) < 4.78 is 7.38. The lowest BCUT2D eigenvalue weighted by Crippen LogP contribution is -2.22. The topological polar surface area (TPSA) is 93.6 Å². The molecule has 1 aliphatic carbocycles. The van der Waals surface area contributed by atoms with Crippen LogP contribution in [-0.2, 0) is 4.74 Å². The highest BCUT2D eigenvalue weighted by atomic mass is 32.1. The highest BCUT2D eigenvalue weighted by Crippen LogP contribution is 2.46. The molecule has 170 valence electrons. The second kappa shape index (κ2) is 8.75. The highest BCUT2D eigenvalue weighted by Gasteiger charge is 2.31. The van der Waals surface area contributed by atoms with Gasteiger partial charge in [-0.25, -0.2) is 9.78 Å². The maximum atomic E-state index is 12.6. The Bertz CT molecular complexity index is 1130. The van der Waals surface area contributed by atoms with Gasteiger partial charge in [0.2, 0.25) is 0 Å². The zero-order valence-corrected chi connectivity index (χ0v) is 19.2. The van der Waals surface area contributed by atoms with Gasteiger partial charge in [-0.2, -0.15) is 0 Å². The number of nitrogens with zero attached hydrogens (tertiary/aromatic N) is 3. The fourth-order valence-electron chi connectivity index (χ4n) is 5.16. The summed E-state index contributed by atoms with van der Waals surface area (Å²) in [6.07, 6.45) is 9.17. The molecule has 1 aromatic carbocycles. The predicted octanol–water partition coefficient (Wildman–Crippen LogP) is 4.46. The minimum Gasteiger partial charge on any atom is -0.465 e. The Morgan fingerprint density at radius 1 is 1.28 bits per heavy atom. The summed E-state index contributed by atoms with van der Waals surface area (Å²) in [5.74, 6) is -0.206. The van der Waals surface area contributed by atoms with Crippen molar-refractivity contribution in [1.82, 2.24) is 9.55 Å². The van der Waals surface area contributed by atoms with Crippen molar-refractivity contribution >= 4 is 39.0 Å². The summed E-state index contributed by atoms with van der Waals surface area (Å²) in [6.45, 7) is 1.66. The van der Waals surface area contributed by atoms with Crippen LogP contribution in [0.4, 0.5) is 10.7 Å². The predicted molar refractivity (Wildman–Crippen MR) is 128 cm³/mol. The molecule has 32 heavy (non-hydrogen) atoms. The Balaban J connectivity index is 1.53. The van der Waals surface area contributed by atoms with Gasteiger partial charge in [-0.05, 0) is 37.0 Å². The third kappa shape index (κ3) is 3.65. The minimum atomic E-state index is -0.421. The van der Waals surface area contributed by atoms with Crippen molar-refractivity contribution in [1.29, 1.82) is 0 Å². The molecule has 1 saturated carbocycles. The molecule has 0 spiro atoms. The van der Waals surface area contributed by atoms with E-state index in [1.165, 1.54) is 50.6 Å². The summed E-state index contributed by atoms with van der Waals surface area (Å²) in [7, 11) is 1.38. The molecule has 0 unspecified atom stereocenters. The van der Waals surface area contributed by atoms with E-state index in [0.29, 0.717) is 23.8 Å². The number of nitrogens with two attached hydrogens (primary N) is 1. The summed E-state index contributed by atoms with van der Waals surface area (Å²) in [6, 6.07) is 6.80. The zero-order chi connectivity index (χ0) is 22.2. The maximum Gasteiger partial charge on any atom is 0.343 e. The molecule has 3 N–H and O–H groups in total. The number of methoxy groups -OCH3 is 1. The lowest BCUT2D eigenvalue weighted by molar-refractivity contribution is 0.0603. The first kappa shape index (κ1) is 21.3. The van der Waals surface area contributed by atoms with Crippen LogP contribution in [-0.4, -0.2) is 47.4 Å². The Labute approximate surface area is 191 Å². The molecule has 1 saturated heterocycles. The summed E-state index contributed by atoms with van der Waals surface area (Å²) in [4.78, 5) is 20.3. The van der Waals surface area contributed by atoms with E-state index in [1.54, 1.807) is 0 Å². The van der Waals surface area contributed by atoms with Crippen molar-refractivity contribution in [2.24, 2.45) is 5.92 Å². The smallest absolute Gasteiger partial charge is 0.343 e. The second-order valence-corrected chi connectivity index (χ2v) is 9.95. The summed E-state index contributed by atoms with van der Waals surface area (Å²) >= 11 is 1.52. The van der Waals surface area contributed by atoms with Crippen LogP contribution in [0.2, 0.25) is 0 Å². The number of aliphatic hydroxyl groups is 1. The number of benzene rings is 1. The SMILES string of the molecule is COC(=O)c1c(N2CC[C@H](CO)C2)sc(-c2ccc3c(c2)ncn3C2CCCCC2)c1N. The van der Waals surface area contributed by atoms with Crippen molar-refractivity contribution in [3.63, 3.8) is 0 Å². The number of hydrogen-bond acceptors (Lipinski definition) is 7. The molecule has 0 radical (unpaired) electrons. The fraction of sp³-hybridized carbons (Fsp3) is 0.500. The number of rotatable bonds is 5. The number of carbonyl (C=O) groups is 1. The van der Waals surface area contributed by atoms with E-state index in [0.717, 1.165) is 39.4 Å². The van der Waals surface area contributed by atoms with E-state index in [4.69, 9.17) is 10.5 Å². The van der Waals surface area contributed by atoms with Crippen molar-refractivity contribution < 1.29 is 14.6 Å². The molecule has 1 atom stereocenters. The van der Waals surface area contributed by atoms with Gasteiger partial charge in [-0.15, -0.1) is 11.3 Å². The monoisotopic (exact) mass is 454 g/mol. The number of ether oxygens (including phenoxy) is 1. The number of nitrogen functional groups attached to an aromatic ring is 1. The molecule has 2 aliphatic rings. The molecule has 7 nitrogen and oxygen atoms in total. The van der Waals surface area contributed by atoms with Crippen molar-refractivity contribution in [3.8, 4) is 10.4 Å². The Morgan fingerprint density at radius 3 is 2.81 bits per heavy atom. The molecule has 2 fully saturated rings. The van der Waals surface area contributed by atoms with Crippen LogP contribution in [0, 0.1) is 5.92 Å². The zero-order valence-electron chi connectivity index (χ0n) is 18.4. The maximum absolute atomic E-state index is 12.6. The Hall–Kier alpha value is -2.58. The van der Waals surface area contributed by atoms with E-state index in [-0.39, 0.29) is 12.5 Å². The first-order valence-corrected chi connectivity index (χ1v) is 12.3. The number of carbonyl (C=O) groups excluding carboxylic acids is 1. The Kier molecular flexibility index (Phi) is 5.82. The number of thiophene rings is 1. The molecule has 0 amide bonds. The van der Waals surface area contributed by atoms with Gasteiger partial charge in [-0.1, -0.05) is 25.3 Å². The van der Waals surface area contributed by atoms with Crippen LogP contribution in [0.1, 0.15) is 54.9 Å². The number of hydrogen-bond donors (Lipinski definition) is 2. The van der Waals surface area contributed by atoms with Crippen LogP contribution in [0.25, 0.3) is 21.5 Å². The molecule has 8 heteroatoms. The van der Waals surface area contributed by atoms with Crippen molar-refractivity contribution in [2.45, 2.75) is 44.6 Å². The van der Waals surface area contributed by atoms with Crippen LogP contribution < -0.4 is 10.6 Å². The lowest BCUT2D eigenvalue weighted by atomic mass is 9.95. The van der Waals surface area contributed by atoms with Gasteiger partial charge in [0.05, 0.1) is 35.0 Å². The fourth-order valence-corrected chi connectivity index (χ4v) is 6.40. The number of esters is 1. The normalized spacial score (nSPS) is 19.7. The van der Waals surface area contributed by atoms with Crippen LogP contribution in [0.5, 0.6) is 0 Å². The third-order valence-electron chi connectivity index (χ3n) is 6.95. The van der Waals surface area contributed by atoms with Crippen LogP contribution in [0.15, 0.2) is 24.5 Å². The largest absolute Gasteiger partial charge is 0.465 e. The van der Waals surface area contributed by atoms with Gasteiger partial charge in [0.1, 0.15) is 10.6 Å². The van der Waals surface area contributed by atoms with Crippen molar-refractivity contribution in [2.75, 3.05) is 37.4 Å². The highest BCUT2D eigenvalue weighted by molar-refractivity contribution is 7.20. The van der Waals surface area contributed by atoms with E-state index >= 15 is 0 Å². The summed E-state index contributed by atoms with van der Waals surface area (Å²) in [5, 5.41) is 10.4. The number of anilines is 2. The average Bonchev–Trinajstić information content (AvgIpc) is 3.55. The molecular formula is C24H30N4O3S. The van der Waals surface area contributed by atoms with Gasteiger partial charge in [-0.3, -0.25) is 0 Å². The van der Waals surface area contributed by atoms with Crippen LogP contribution in [0.3, 0.4) is 0 Å². The van der Waals surface area contributed by atoms with Gasteiger partial charge < -0.3 is 25.0 Å². The minimum absolute atomic E-state index is 0.151. The number of aliphatic hydroxyl groups excluding tert-OH is 1. The number of fused-ring (bicyclic) bond motifs is 1. The van der Waals surface area contributed by atoms with E-state index in [9.17, 15) is 9.90 Å². The number of imidazole rings is 1. The lowest BCUT2D eigenvalue weighted by Gasteiger charge is -2.23. The van der Waals surface area contributed by atoms with E-state index < -0.39 is 5.97 Å². The van der Waals surface area contributed by atoms with Gasteiger partial charge in [0.25, 0.3) is 0 Å². The van der Waals surface area contributed by atoms with Gasteiger partial charge >= 0.3 is 5.97 Å². The molecule has 5 rings (SSSR count). The van der Waals surface area contributed by atoms with Gasteiger partial charge in [0.15, 0.2) is 0 Å². The van der Waals surface area contributed by atoms with E-state index in [1.807, 2.05) is 6.33 Å². The van der Waals surface area contributed by atoms with Crippen molar-refractivity contribution in [3.05, 3.63) is 30.1 Å². The molecule has 0 bridgehead atoms. The van der Waals surface area contributed by atoms with E-state index in [2.05, 4.69) is 32.7 Å². The average molecular weight is 455 g/mol. The molecular weight excluding hydrogens is 424 g/mol. The first-order chi connectivity index (χ1) is 15.6. The molecule has 2 aromatic heterocycles. The first-order valence-electron chi connectivity index (χ1n) is 11.4. The third-order valence-corrected chi connectivity index (χ3v) is 8.27. The summed E-state index contributed by atoms with van der Waals surface area (Å²) in [5.41, 5.74) is 10.5. The number of aromatic nitrogens is 2. The quantitative estimate of drug-likeness (QED) is 0.553. The van der Waals surface area contributed by atoms with Crippen LogP contribution >= 0.6 is 11.3 Å². The molecule has 1 aliphatic heterocycles. The molecule has 3 aromatic rings. The van der Waals surface area contributed by atoms with Gasteiger partial charge in [0, 0.05) is 31.7 Å². The molecule has 3 heterocycles. The Morgan fingerprint density at radius 2 is 2.09 bits per heavy atom. The second-order valence-electron chi connectivity index (χ2n) is 8.95. The standard InChI is InChI=1S/C24H30N4O3S/c1-31-24(30)20-21(25)22(32-23(20)27-10-9-15(12-27)13-29)16-7-8-19-18(11-16)26-14-28(19)17-5-3-2-4-6-17/h7-8,11,14-15,17,29H,2-6,9-10,12-13,25H2,1H3/t15-/m0/s1.